The fourth-order valence-electron chi connectivity index (χ4n) is 3.25. The number of benzene rings is 3. The SMILES string of the molecule is COc1ccc(NC(=O)C[C@H]2Nc3cccc4cccc(c34)NC2=O)cc1. The zero-order valence-corrected chi connectivity index (χ0v) is 14.8. The molecule has 3 aromatic rings. The maximum Gasteiger partial charge on any atom is 0.247 e. The van der Waals surface area contributed by atoms with Crippen molar-refractivity contribution in [2.45, 2.75) is 12.5 Å². The number of methoxy groups -OCH3 is 1. The highest BCUT2D eigenvalue weighted by Crippen LogP contribution is 2.33. The highest BCUT2D eigenvalue weighted by Gasteiger charge is 2.26. The summed E-state index contributed by atoms with van der Waals surface area (Å²) in [4.78, 5) is 25.1. The van der Waals surface area contributed by atoms with E-state index in [2.05, 4.69) is 16.0 Å². The lowest BCUT2D eigenvalue weighted by molar-refractivity contribution is -0.121. The molecule has 4 rings (SSSR count). The molecule has 0 radical (unpaired) electrons. The molecule has 1 atom stereocenters. The molecule has 1 heterocycles. The molecule has 3 aromatic carbocycles. The zero-order valence-electron chi connectivity index (χ0n) is 14.8. The predicted octanol–water partition coefficient (Wildman–Crippen LogP) is 3.61. The summed E-state index contributed by atoms with van der Waals surface area (Å²) in [7, 11) is 1.59. The lowest BCUT2D eigenvalue weighted by Crippen LogP contribution is -2.36. The van der Waals surface area contributed by atoms with Crippen LogP contribution in [0.5, 0.6) is 5.75 Å². The van der Waals surface area contributed by atoms with E-state index < -0.39 is 6.04 Å². The normalized spacial score (nSPS) is 15.4. The number of hydrogen-bond acceptors (Lipinski definition) is 4. The van der Waals surface area contributed by atoms with Crippen molar-refractivity contribution < 1.29 is 14.3 Å². The minimum absolute atomic E-state index is 0.0161. The molecule has 6 nitrogen and oxygen atoms in total. The first-order valence-corrected chi connectivity index (χ1v) is 8.67. The number of nitrogens with one attached hydrogen (secondary N) is 3. The Labute approximate surface area is 156 Å². The number of carbonyl (C=O) groups excluding carboxylic acids is 2. The van der Waals surface area contributed by atoms with Gasteiger partial charge in [0, 0.05) is 16.8 Å². The first-order chi connectivity index (χ1) is 13.1. The second-order valence-corrected chi connectivity index (χ2v) is 6.38. The molecular formula is C21H19N3O3. The first kappa shape index (κ1) is 16.9. The molecule has 0 unspecified atom stereocenters. The van der Waals surface area contributed by atoms with Crippen molar-refractivity contribution in [3.63, 3.8) is 0 Å². The van der Waals surface area contributed by atoms with Crippen molar-refractivity contribution in [2.24, 2.45) is 0 Å². The Kier molecular flexibility index (Phi) is 4.38. The molecule has 3 N–H and O–H groups in total. The second kappa shape index (κ2) is 6.99. The Bertz CT molecular complexity index is 1010. The number of rotatable bonds is 4. The summed E-state index contributed by atoms with van der Waals surface area (Å²) in [5.41, 5.74) is 2.24. The van der Waals surface area contributed by atoms with Gasteiger partial charge in [0.15, 0.2) is 0 Å². The monoisotopic (exact) mass is 361 g/mol. The minimum atomic E-state index is -0.666. The highest BCUT2D eigenvalue weighted by molar-refractivity contribution is 6.13. The van der Waals surface area contributed by atoms with E-state index in [-0.39, 0.29) is 18.2 Å². The smallest absolute Gasteiger partial charge is 0.247 e. The standard InChI is InChI=1S/C21H19N3O3/c1-27-15-10-8-14(9-11-15)22-19(25)12-18-21(26)24-17-7-3-5-13-4-2-6-16(23-18)20(13)17/h2-11,18,23H,12H2,1H3,(H,22,25)(H,24,26)/t18-/m1/s1. The van der Waals surface area contributed by atoms with Crippen LogP contribution in [0.25, 0.3) is 10.8 Å². The van der Waals surface area contributed by atoms with Crippen molar-refractivity contribution in [2.75, 3.05) is 23.1 Å². The molecule has 136 valence electrons. The maximum absolute atomic E-state index is 12.6. The average molecular weight is 361 g/mol. The molecule has 0 bridgehead atoms. The topological polar surface area (TPSA) is 79.5 Å². The molecule has 27 heavy (non-hydrogen) atoms. The lowest BCUT2D eigenvalue weighted by Gasteiger charge is -2.16. The third kappa shape index (κ3) is 3.42. The molecule has 6 heteroatoms. The molecule has 0 fully saturated rings. The summed E-state index contributed by atoms with van der Waals surface area (Å²) >= 11 is 0. The largest absolute Gasteiger partial charge is 0.497 e. The van der Waals surface area contributed by atoms with Crippen LogP contribution in [0.15, 0.2) is 60.7 Å². The van der Waals surface area contributed by atoms with Gasteiger partial charge in [0.1, 0.15) is 11.8 Å². The Morgan fingerprint density at radius 2 is 1.74 bits per heavy atom. The summed E-state index contributed by atoms with van der Waals surface area (Å²) in [5.74, 6) is 0.234. The Hall–Kier alpha value is -3.54. The molecular weight excluding hydrogens is 342 g/mol. The van der Waals surface area contributed by atoms with Gasteiger partial charge >= 0.3 is 0 Å². The molecule has 0 aromatic heterocycles. The van der Waals surface area contributed by atoms with Crippen molar-refractivity contribution in [3.05, 3.63) is 60.7 Å². The van der Waals surface area contributed by atoms with E-state index in [4.69, 9.17) is 4.74 Å². The van der Waals surface area contributed by atoms with Gasteiger partial charge in [-0.15, -0.1) is 0 Å². The summed E-state index contributed by atoms with van der Waals surface area (Å²) in [6, 6.07) is 18.0. The van der Waals surface area contributed by atoms with Crippen LogP contribution in [-0.2, 0) is 9.59 Å². The van der Waals surface area contributed by atoms with Crippen LogP contribution in [0.4, 0.5) is 17.1 Å². The summed E-state index contributed by atoms with van der Waals surface area (Å²) in [5, 5.41) is 10.9. The van der Waals surface area contributed by atoms with E-state index in [0.717, 1.165) is 22.1 Å². The Balaban J connectivity index is 1.52. The predicted molar refractivity (Wildman–Crippen MR) is 106 cm³/mol. The first-order valence-electron chi connectivity index (χ1n) is 8.67. The maximum atomic E-state index is 12.6. The number of hydrogen-bond donors (Lipinski definition) is 3. The van der Waals surface area contributed by atoms with Crippen LogP contribution in [-0.4, -0.2) is 25.0 Å². The number of carbonyl (C=O) groups is 2. The Morgan fingerprint density at radius 1 is 1.04 bits per heavy atom. The van der Waals surface area contributed by atoms with Crippen LogP contribution < -0.4 is 20.7 Å². The van der Waals surface area contributed by atoms with E-state index in [1.807, 2.05) is 36.4 Å². The number of ether oxygens (including phenoxy) is 1. The van der Waals surface area contributed by atoms with Gasteiger partial charge in [0.25, 0.3) is 0 Å². The van der Waals surface area contributed by atoms with Gasteiger partial charge in [0.2, 0.25) is 11.8 Å². The van der Waals surface area contributed by atoms with Crippen LogP contribution in [0.2, 0.25) is 0 Å². The number of amides is 2. The Morgan fingerprint density at radius 3 is 2.44 bits per heavy atom. The van der Waals surface area contributed by atoms with Crippen LogP contribution in [0.3, 0.4) is 0 Å². The summed E-state index contributed by atoms with van der Waals surface area (Å²) in [6.45, 7) is 0. The van der Waals surface area contributed by atoms with Crippen molar-refractivity contribution in [1.29, 1.82) is 0 Å². The zero-order chi connectivity index (χ0) is 18.8. The quantitative estimate of drug-likeness (QED) is 0.663. The van der Waals surface area contributed by atoms with E-state index in [1.54, 1.807) is 31.4 Å². The fourth-order valence-corrected chi connectivity index (χ4v) is 3.25. The molecule has 0 saturated carbocycles. The molecule has 0 saturated heterocycles. The van der Waals surface area contributed by atoms with Crippen molar-refractivity contribution >= 4 is 39.6 Å². The van der Waals surface area contributed by atoms with Gasteiger partial charge in [-0.1, -0.05) is 24.3 Å². The lowest BCUT2D eigenvalue weighted by atomic mass is 10.1. The fraction of sp³-hybridized carbons (Fsp3) is 0.143. The van der Waals surface area contributed by atoms with Gasteiger partial charge in [-0.2, -0.15) is 0 Å². The van der Waals surface area contributed by atoms with E-state index >= 15 is 0 Å². The average Bonchev–Trinajstić information content (AvgIpc) is 2.81. The van der Waals surface area contributed by atoms with Crippen molar-refractivity contribution in [1.82, 2.24) is 0 Å². The summed E-state index contributed by atoms with van der Waals surface area (Å²) in [6.07, 6.45) is 0.0161. The molecule has 0 spiro atoms. The van der Waals surface area contributed by atoms with Crippen LogP contribution in [0.1, 0.15) is 6.42 Å². The van der Waals surface area contributed by atoms with Crippen LogP contribution in [0, 0.1) is 0 Å². The van der Waals surface area contributed by atoms with Gasteiger partial charge in [0.05, 0.1) is 19.2 Å². The third-order valence-electron chi connectivity index (χ3n) is 4.57. The third-order valence-corrected chi connectivity index (χ3v) is 4.57. The van der Waals surface area contributed by atoms with Gasteiger partial charge in [-0.25, -0.2) is 0 Å². The van der Waals surface area contributed by atoms with Gasteiger partial charge < -0.3 is 20.7 Å². The van der Waals surface area contributed by atoms with Gasteiger partial charge in [-0.3, -0.25) is 9.59 Å². The van der Waals surface area contributed by atoms with Gasteiger partial charge in [-0.05, 0) is 41.8 Å². The van der Waals surface area contributed by atoms with Crippen molar-refractivity contribution in [3.8, 4) is 5.75 Å². The highest BCUT2D eigenvalue weighted by atomic mass is 16.5. The molecule has 0 aliphatic carbocycles. The second-order valence-electron chi connectivity index (χ2n) is 6.38. The van der Waals surface area contributed by atoms with E-state index in [0.29, 0.717) is 11.4 Å². The molecule has 1 aliphatic rings. The molecule has 2 amide bonds. The molecule has 1 aliphatic heterocycles. The summed E-state index contributed by atoms with van der Waals surface area (Å²) < 4.78 is 5.11. The van der Waals surface area contributed by atoms with Crippen LogP contribution >= 0.6 is 0 Å². The van der Waals surface area contributed by atoms with E-state index in [1.165, 1.54) is 0 Å². The van der Waals surface area contributed by atoms with E-state index in [9.17, 15) is 9.59 Å². The number of anilines is 3. The minimum Gasteiger partial charge on any atom is -0.497 e.